The van der Waals surface area contributed by atoms with E-state index in [1.54, 1.807) is 0 Å². The molecule has 2 rings (SSSR count). The van der Waals surface area contributed by atoms with E-state index in [2.05, 4.69) is 15.9 Å². The van der Waals surface area contributed by atoms with Crippen LogP contribution in [0.2, 0.25) is 0 Å². The fraction of sp³-hybridized carbons (Fsp3) is 0.294. The van der Waals surface area contributed by atoms with Gasteiger partial charge in [0.1, 0.15) is 0 Å². The third-order valence-corrected chi connectivity index (χ3v) is 5.99. The van der Waals surface area contributed by atoms with Crippen LogP contribution in [-0.4, -0.2) is 19.5 Å². The molecular weight excluding hydrogens is 348 g/mol. The van der Waals surface area contributed by atoms with Crippen molar-refractivity contribution in [2.45, 2.75) is 18.6 Å². The first-order chi connectivity index (χ1) is 10.0. The summed E-state index contributed by atoms with van der Waals surface area (Å²) in [6.45, 7) is 1.95. The van der Waals surface area contributed by atoms with Crippen molar-refractivity contribution in [1.82, 2.24) is 0 Å². The van der Waals surface area contributed by atoms with Crippen LogP contribution in [-0.2, 0) is 15.6 Å². The van der Waals surface area contributed by atoms with Crippen LogP contribution in [0, 0.1) is 6.92 Å². The molecule has 0 aliphatic heterocycles. The van der Waals surface area contributed by atoms with Crippen LogP contribution in [0.1, 0.15) is 22.6 Å². The molecule has 1 unspecified atom stereocenters. The van der Waals surface area contributed by atoms with Crippen LogP contribution in [0.15, 0.2) is 54.6 Å². The molecule has 0 amide bonds. The zero-order valence-corrected chi connectivity index (χ0v) is 14.4. The lowest BCUT2D eigenvalue weighted by atomic mass is 10.0. The summed E-state index contributed by atoms with van der Waals surface area (Å²) in [5.74, 6) is 0.257. The Labute approximate surface area is 135 Å². The summed E-state index contributed by atoms with van der Waals surface area (Å²) in [4.78, 5) is 0. The lowest BCUT2D eigenvalue weighted by molar-refractivity contribution is 0.590. The van der Waals surface area contributed by atoms with Gasteiger partial charge in [0.25, 0.3) is 0 Å². The lowest BCUT2D eigenvalue weighted by Gasteiger charge is -2.15. The summed E-state index contributed by atoms with van der Waals surface area (Å²) < 4.78 is 24.9. The molecule has 1 atom stereocenters. The number of rotatable bonds is 6. The third kappa shape index (κ3) is 4.68. The maximum atomic E-state index is 12.5. The standard InChI is InChI=1S/C17H19BrO2S/c1-14-7-5-6-10-16(14)12-21(19,20)13-17(11-18)15-8-3-2-4-9-15/h2-10,17H,11-13H2,1H3. The molecule has 0 spiro atoms. The maximum Gasteiger partial charge on any atom is 0.155 e. The fourth-order valence-corrected chi connectivity index (χ4v) is 5.07. The molecule has 0 aliphatic rings. The van der Waals surface area contributed by atoms with Gasteiger partial charge >= 0.3 is 0 Å². The minimum Gasteiger partial charge on any atom is -0.228 e. The molecule has 0 bridgehead atoms. The van der Waals surface area contributed by atoms with E-state index in [9.17, 15) is 8.42 Å². The highest BCUT2D eigenvalue weighted by Gasteiger charge is 2.21. The summed E-state index contributed by atoms with van der Waals surface area (Å²) in [7, 11) is -3.15. The summed E-state index contributed by atoms with van der Waals surface area (Å²) in [6.07, 6.45) is 0. The summed E-state index contributed by atoms with van der Waals surface area (Å²) >= 11 is 3.44. The Morgan fingerprint density at radius 3 is 2.24 bits per heavy atom. The smallest absolute Gasteiger partial charge is 0.155 e. The van der Waals surface area contributed by atoms with Crippen LogP contribution >= 0.6 is 15.9 Å². The average molecular weight is 367 g/mol. The predicted molar refractivity (Wildman–Crippen MR) is 91.6 cm³/mol. The third-order valence-electron chi connectivity index (χ3n) is 3.55. The molecule has 0 aromatic heterocycles. The summed E-state index contributed by atoms with van der Waals surface area (Å²) in [5, 5.41) is 0.643. The molecule has 0 N–H and O–H groups in total. The number of aryl methyl sites for hydroxylation is 1. The van der Waals surface area contributed by atoms with Crippen LogP contribution in [0.3, 0.4) is 0 Å². The first-order valence-corrected chi connectivity index (χ1v) is 9.82. The first kappa shape index (κ1) is 16.2. The van der Waals surface area contributed by atoms with E-state index >= 15 is 0 Å². The lowest BCUT2D eigenvalue weighted by Crippen LogP contribution is -2.18. The monoisotopic (exact) mass is 366 g/mol. The summed E-state index contributed by atoms with van der Waals surface area (Å²) in [5.41, 5.74) is 2.97. The molecule has 0 heterocycles. The summed E-state index contributed by atoms with van der Waals surface area (Å²) in [6, 6.07) is 17.4. The Morgan fingerprint density at radius 2 is 1.62 bits per heavy atom. The second-order valence-electron chi connectivity index (χ2n) is 5.24. The van der Waals surface area contributed by atoms with Crippen molar-refractivity contribution in [3.8, 4) is 0 Å². The molecule has 0 aliphatic carbocycles. The first-order valence-electron chi connectivity index (χ1n) is 6.87. The van der Waals surface area contributed by atoms with Gasteiger partial charge in [-0.2, -0.15) is 0 Å². The highest BCUT2D eigenvalue weighted by Crippen LogP contribution is 2.22. The quantitative estimate of drug-likeness (QED) is 0.721. The van der Waals surface area contributed by atoms with Gasteiger partial charge in [0, 0.05) is 11.2 Å². The fourth-order valence-electron chi connectivity index (χ4n) is 2.33. The van der Waals surface area contributed by atoms with Crippen molar-refractivity contribution in [1.29, 1.82) is 0 Å². The van der Waals surface area contributed by atoms with E-state index in [-0.39, 0.29) is 17.4 Å². The van der Waals surface area contributed by atoms with Crippen molar-refractivity contribution in [2.24, 2.45) is 0 Å². The number of hydrogen-bond donors (Lipinski definition) is 0. The van der Waals surface area contributed by atoms with Crippen molar-refractivity contribution in [3.05, 3.63) is 71.3 Å². The molecule has 2 aromatic carbocycles. The van der Waals surface area contributed by atoms with Crippen molar-refractivity contribution in [2.75, 3.05) is 11.1 Å². The molecule has 2 nitrogen and oxygen atoms in total. The van der Waals surface area contributed by atoms with E-state index < -0.39 is 9.84 Å². The van der Waals surface area contributed by atoms with Gasteiger partial charge in [-0.3, -0.25) is 0 Å². The van der Waals surface area contributed by atoms with E-state index in [4.69, 9.17) is 0 Å². The normalized spacial score (nSPS) is 13.0. The minimum atomic E-state index is -3.15. The van der Waals surface area contributed by atoms with Gasteiger partial charge in [-0.15, -0.1) is 0 Å². The van der Waals surface area contributed by atoms with E-state index in [0.717, 1.165) is 16.7 Å². The average Bonchev–Trinajstić information content (AvgIpc) is 2.48. The van der Waals surface area contributed by atoms with Gasteiger partial charge in [-0.25, -0.2) is 8.42 Å². The Kier molecular flexibility index (Phi) is 5.59. The second kappa shape index (κ2) is 7.23. The molecule has 0 saturated carbocycles. The SMILES string of the molecule is Cc1ccccc1CS(=O)(=O)CC(CBr)c1ccccc1. The number of benzene rings is 2. The molecular formula is C17H19BrO2S. The molecule has 0 fully saturated rings. The van der Waals surface area contributed by atoms with E-state index in [1.807, 2.05) is 61.5 Å². The Morgan fingerprint density at radius 1 is 1.00 bits per heavy atom. The van der Waals surface area contributed by atoms with Crippen molar-refractivity contribution >= 4 is 25.8 Å². The molecule has 0 saturated heterocycles. The minimum absolute atomic E-state index is 0.0137. The highest BCUT2D eigenvalue weighted by atomic mass is 79.9. The molecule has 0 radical (unpaired) electrons. The Balaban J connectivity index is 2.15. The van der Waals surface area contributed by atoms with E-state index in [0.29, 0.717) is 5.33 Å². The zero-order chi connectivity index (χ0) is 15.3. The predicted octanol–water partition coefficient (Wildman–Crippen LogP) is 4.09. The van der Waals surface area contributed by atoms with Gasteiger partial charge in [0.15, 0.2) is 9.84 Å². The van der Waals surface area contributed by atoms with Gasteiger partial charge in [-0.1, -0.05) is 70.5 Å². The highest BCUT2D eigenvalue weighted by molar-refractivity contribution is 9.09. The van der Waals surface area contributed by atoms with Crippen molar-refractivity contribution < 1.29 is 8.42 Å². The number of hydrogen-bond acceptors (Lipinski definition) is 2. The van der Waals surface area contributed by atoms with Crippen LogP contribution < -0.4 is 0 Å². The van der Waals surface area contributed by atoms with E-state index in [1.165, 1.54) is 0 Å². The number of halogens is 1. The molecule has 21 heavy (non-hydrogen) atoms. The zero-order valence-electron chi connectivity index (χ0n) is 12.0. The van der Waals surface area contributed by atoms with Gasteiger partial charge in [-0.05, 0) is 23.6 Å². The van der Waals surface area contributed by atoms with Gasteiger partial charge < -0.3 is 0 Å². The van der Waals surface area contributed by atoms with Crippen molar-refractivity contribution in [3.63, 3.8) is 0 Å². The molecule has 4 heteroatoms. The number of alkyl halides is 1. The van der Waals surface area contributed by atoms with Gasteiger partial charge in [0.2, 0.25) is 0 Å². The molecule has 2 aromatic rings. The largest absolute Gasteiger partial charge is 0.228 e. The topological polar surface area (TPSA) is 34.1 Å². The van der Waals surface area contributed by atoms with Crippen LogP contribution in [0.4, 0.5) is 0 Å². The van der Waals surface area contributed by atoms with Crippen LogP contribution in [0.5, 0.6) is 0 Å². The van der Waals surface area contributed by atoms with Gasteiger partial charge in [0.05, 0.1) is 11.5 Å². The Hall–Kier alpha value is -1.13. The second-order valence-corrected chi connectivity index (χ2v) is 8.00. The maximum absolute atomic E-state index is 12.5. The molecule has 112 valence electrons. The Bertz CT molecular complexity index is 681. The van der Waals surface area contributed by atoms with Crippen LogP contribution in [0.25, 0.3) is 0 Å². The number of sulfone groups is 1.